The van der Waals surface area contributed by atoms with E-state index in [0.717, 1.165) is 32.5 Å². The maximum absolute atomic E-state index is 12.2. The van der Waals surface area contributed by atoms with Gasteiger partial charge in [0, 0.05) is 32.2 Å². The van der Waals surface area contributed by atoms with Gasteiger partial charge in [0.1, 0.15) is 0 Å². The lowest BCUT2D eigenvalue weighted by Crippen LogP contribution is -2.41. The van der Waals surface area contributed by atoms with E-state index in [9.17, 15) is 4.79 Å². The molecule has 1 saturated heterocycles. The summed E-state index contributed by atoms with van der Waals surface area (Å²) in [5.74, 6) is 1.13. The molecule has 16 heavy (non-hydrogen) atoms. The molecule has 3 nitrogen and oxygen atoms in total. The Labute approximate surface area is 99.1 Å². The van der Waals surface area contributed by atoms with Crippen molar-refractivity contribution in [3.8, 4) is 0 Å². The van der Waals surface area contributed by atoms with Crippen molar-refractivity contribution in [3.05, 3.63) is 0 Å². The van der Waals surface area contributed by atoms with Crippen LogP contribution in [0.1, 0.15) is 40.0 Å². The first-order chi connectivity index (χ1) is 7.52. The van der Waals surface area contributed by atoms with E-state index >= 15 is 0 Å². The average Bonchev–Trinajstić information content (AvgIpc) is 2.27. The lowest BCUT2D eigenvalue weighted by Gasteiger charge is -2.31. The molecular formula is C13H25NO2. The standard InChI is InChI=1S/C13H25NO2/c1-10(2)9-11(3)14(4)13(15)12-5-7-16-8-6-12/h10-12H,5-9H2,1-4H3/t11-/m0/s1. The van der Waals surface area contributed by atoms with Gasteiger partial charge < -0.3 is 9.64 Å². The topological polar surface area (TPSA) is 29.5 Å². The van der Waals surface area contributed by atoms with Gasteiger partial charge in [-0.3, -0.25) is 4.79 Å². The summed E-state index contributed by atoms with van der Waals surface area (Å²) in [4.78, 5) is 14.1. The highest BCUT2D eigenvalue weighted by molar-refractivity contribution is 5.78. The van der Waals surface area contributed by atoms with Crippen LogP contribution < -0.4 is 0 Å². The van der Waals surface area contributed by atoms with Crippen molar-refractivity contribution >= 4 is 5.91 Å². The van der Waals surface area contributed by atoms with Crippen LogP contribution in [0.3, 0.4) is 0 Å². The average molecular weight is 227 g/mol. The van der Waals surface area contributed by atoms with Gasteiger partial charge in [-0.25, -0.2) is 0 Å². The molecule has 0 aromatic carbocycles. The molecule has 1 fully saturated rings. The minimum atomic E-state index is 0.188. The Morgan fingerprint density at radius 1 is 1.31 bits per heavy atom. The smallest absolute Gasteiger partial charge is 0.225 e. The number of ether oxygens (including phenoxy) is 1. The van der Waals surface area contributed by atoms with E-state index in [2.05, 4.69) is 20.8 Å². The van der Waals surface area contributed by atoms with E-state index < -0.39 is 0 Å². The van der Waals surface area contributed by atoms with Gasteiger partial charge in [0.25, 0.3) is 0 Å². The van der Waals surface area contributed by atoms with Gasteiger partial charge >= 0.3 is 0 Å². The molecule has 0 bridgehead atoms. The van der Waals surface area contributed by atoms with Crippen molar-refractivity contribution < 1.29 is 9.53 Å². The molecule has 0 unspecified atom stereocenters. The molecule has 1 aliphatic heterocycles. The van der Waals surface area contributed by atoms with Gasteiger partial charge in [0.15, 0.2) is 0 Å². The summed E-state index contributed by atoms with van der Waals surface area (Å²) in [6.07, 6.45) is 2.85. The fourth-order valence-corrected chi connectivity index (χ4v) is 2.29. The summed E-state index contributed by atoms with van der Waals surface area (Å²) in [5, 5.41) is 0. The quantitative estimate of drug-likeness (QED) is 0.737. The van der Waals surface area contributed by atoms with Crippen LogP contribution in [0.5, 0.6) is 0 Å². The molecule has 1 aliphatic rings. The van der Waals surface area contributed by atoms with Crippen LogP contribution in [-0.2, 0) is 9.53 Å². The summed E-state index contributed by atoms with van der Waals surface area (Å²) in [7, 11) is 1.94. The Kier molecular flexibility index (Phi) is 5.26. The van der Waals surface area contributed by atoms with Crippen molar-refractivity contribution in [1.82, 2.24) is 4.90 Å². The molecule has 1 heterocycles. The van der Waals surface area contributed by atoms with Crippen molar-refractivity contribution in [2.45, 2.75) is 46.1 Å². The number of nitrogens with zero attached hydrogens (tertiary/aromatic N) is 1. The maximum atomic E-state index is 12.2. The fourth-order valence-electron chi connectivity index (χ4n) is 2.29. The van der Waals surface area contributed by atoms with E-state index in [-0.39, 0.29) is 5.92 Å². The minimum absolute atomic E-state index is 0.188. The zero-order valence-electron chi connectivity index (χ0n) is 11.0. The van der Waals surface area contributed by atoms with Crippen LogP contribution in [0.4, 0.5) is 0 Å². The molecule has 0 aromatic rings. The second kappa shape index (κ2) is 6.24. The Morgan fingerprint density at radius 3 is 2.38 bits per heavy atom. The number of hydrogen-bond donors (Lipinski definition) is 0. The van der Waals surface area contributed by atoms with Crippen molar-refractivity contribution in [2.24, 2.45) is 11.8 Å². The predicted molar refractivity (Wildman–Crippen MR) is 65.2 cm³/mol. The Hall–Kier alpha value is -0.570. The maximum Gasteiger partial charge on any atom is 0.225 e. The van der Waals surface area contributed by atoms with E-state index in [1.165, 1.54) is 0 Å². The van der Waals surface area contributed by atoms with Gasteiger partial charge in [-0.1, -0.05) is 13.8 Å². The number of carbonyl (C=O) groups excluding carboxylic acids is 1. The Morgan fingerprint density at radius 2 is 1.88 bits per heavy atom. The molecule has 1 amide bonds. The minimum Gasteiger partial charge on any atom is -0.381 e. The molecule has 0 saturated carbocycles. The SMILES string of the molecule is CC(C)C[C@H](C)N(C)C(=O)C1CCOCC1. The number of hydrogen-bond acceptors (Lipinski definition) is 2. The highest BCUT2D eigenvalue weighted by Crippen LogP contribution is 2.19. The van der Waals surface area contributed by atoms with Crippen LogP contribution in [0.25, 0.3) is 0 Å². The van der Waals surface area contributed by atoms with Gasteiger partial charge in [-0.15, -0.1) is 0 Å². The highest BCUT2D eigenvalue weighted by atomic mass is 16.5. The third-order valence-electron chi connectivity index (χ3n) is 3.39. The summed E-state index contributed by atoms with van der Waals surface area (Å²) < 4.78 is 5.28. The summed E-state index contributed by atoms with van der Waals surface area (Å²) in [6.45, 7) is 8.01. The molecule has 0 radical (unpaired) electrons. The largest absolute Gasteiger partial charge is 0.381 e. The number of carbonyl (C=O) groups is 1. The van der Waals surface area contributed by atoms with Gasteiger partial charge in [-0.2, -0.15) is 0 Å². The van der Waals surface area contributed by atoms with Crippen LogP contribution in [0, 0.1) is 11.8 Å². The first kappa shape index (κ1) is 13.5. The Bertz CT molecular complexity index is 222. The molecule has 1 rings (SSSR count). The van der Waals surface area contributed by atoms with Crippen LogP contribution in [-0.4, -0.2) is 37.1 Å². The molecular weight excluding hydrogens is 202 g/mol. The lowest BCUT2D eigenvalue weighted by atomic mass is 9.97. The van der Waals surface area contributed by atoms with Crippen molar-refractivity contribution in [2.75, 3.05) is 20.3 Å². The van der Waals surface area contributed by atoms with Crippen molar-refractivity contribution in [1.29, 1.82) is 0 Å². The van der Waals surface area contributed by atoms with Gasteiger partial charge in [0.05, 0.1) is 0 Å². The second-order valence-corrected chi connectivity index (χ2v) is 5.31. The summed E-state index contributed by atoms with van der Waals surface area (Å²) in [5.41, 5.74) is 0. The second-order valence-electron chi connectivity index (χ2n) is 5.31. The Balaban J connectivity index is 2.45. The van der Waals surface area contributed by atoms with E-state index in [1.54, 1.807) is 0 Å². The third kappa shape index (κ3) is 3.78. The normalized spacial score (nSPS) is 19.8. The van der Waals surface area contributed by atoms with E-state index in [1.807, 2.05) is 11.9 Å². The molecule has 0 aromatic heterocycles. The summed E-state index contributed by atoms with van der Waals surface area (Å²) in [6, 6.07) is 0.343. The monoisotopic (exact) mass is 227 g/mol. The van der Waals surface area contributed by atoms with Crippen molar-refractivity contribution in [3.63, 3.8) is 0 Å². The zero-order chi connectivity index (χ0) is 12.1. The molecule has 94 valence electrons. The molecule has 3 heteroatoms. The zero-order valence-corrected chi connectivity index (χ0v) is 11.0. The van der Waals surface area contributed by atoms with Gasteiger partial charge in [0.2, 0.25) is 5.91 Å². The fraction of sp³-hybridized carbons (Fsp3) is 0.923. The molecule has 0 aliphatic carbocycles. The highest BCUT2D eigenvalue weighted by Gasteiger charge is 2.26. The molecule has 0 spiro atoms. The van der Waals surface area contributed by atoms with E-state index in [4.69, 9.17) is 4.74 Å². The van der Waals surface area contributed by atoms with Crippen LogP contribution >= 0.6 is 0 Å². The lowest BCUT2D eigenvalue weighted by molar-refractivity contribution is -0.139. The third-order valence-corrected chi connectivity index (χ3v) is 3.39. The van der Waals surface area contributed by atoms with Crippen LogP contribution in [0.15, 0.2) is 0 Å². The number of amides is 1. The van der Waals surface area contributed by atoms with E-state index in [0.29, 0.717) is 17.9 Å². The molecule has 0 N–H and O–H groups in total. The predicted octanol–water partition coefficient (Wildman–Crippen LogP) is 2.31. The first-order valence-corrected chi connectivity index (χ1v) is 6.36. The first-order valence-electron chi connectivity index (χ1n) is 6.36. The molecule has 1 atom stereocenters. The summed E-state index contributed by atoms with van der Waals surface area (Å²) >= 11 is 0. The van der Waals surface area contributed by atoms with Gasteiger partial charge in [-0.05, 0) is 32.1 Å². The number of rotatable bonds is 4. The van der Waals surface area contributed by atoms with Crippen LogP contribution in [0.2, 0.25) is 0 Å².